The fourth-order valence-electron chi connectivity index (χ4n) is 1.28. The van der Waals surface area contributed by atoms with E-state index in [4.69, 9.17) is 5.14 Å². The molecule has 0 saturated heterocycles. The molecule has 18 heavy (non-hydrogen) atoms. The van der Waals surface area contributed by atoms with Gasteiger partial charge in [0.2, 0.25) is 10.0 Å². The highest BCUT2D eigenvalue weighted by Crippen LogP contribution is 2.06. The average molecular weight is 273 g/mol. The van der Waals surface area contributed by atoms with Crippen molar-refractivity contribution in [3.05, 3.63) is 12.4 Å². The van der Waals surface area contributed by atoms with Gasteiger partial charge in [-0.25, -0.2) is 18.5 Å². The minimum absolute atomic E-state index is 0.0405. The Bertz CT molecular complexity index is 463. The fourth-order valence-corrected chi connectivity index (χ4v) is 1.83. The van der Waals surface area contributed by atoms with Crippen LogP contribution in [0.1, 0.15) is 19.8 Å². The summed E-state index contributed by atoms with van der Waals surface area (Å²) >= 11 is 0. The second-order valence-electron chi connectivity index (χ2n) is 3.86. The Morgan fingerprint density at radius 3 is 2.39 bits per heavy atom. The van der Waals surface area contributed by atoms with Gasteiger partial charge in [-0.15, -0.1) is 0 Å². The molecule has 1 heterocycles. The largest absolute Gasteiger partial charge is 0.369 e. The third kappa shape index (κ3) is 6.36. The van der Waals surface area contributed by atoms with E-state index in [2.05, 4.69) is 27.5 Å². The smallest absolute Gasteiger partial charge is 0.209 e. The van der Waals surface area contributed by atoms with Crippen molar-refractivity contribution in [2.45, 2.75) is 19.8 Å². The van der Waals surface area contributed by atoms with Gasteiger partial charge in [-0.1, -0.05) is 6.92 Å². The zero-order chi connectivity index (χ0) is 13.4. The Hall–Kier alpha value is -1.41. The monoisotopic (exact) mass is 273 g/mol. The van der Waals surface area contributed by atoms with Crippen LogP contribution in [0.25, 0.3) is 0 Å². The Kier molecular flexibility index (Phi) is 5.79. The summed E-state index contributed by atoms with van der Waals surface area (Å²) in [5, 5.41) is 11.0. The Balaban J connectivity index is 2.38. The van der Waals surface area contributed by atoms with Gasteiger partial charge in [-0.2, -0.15) is 0 Å². The van der Waals surface area contributed by atoms with Gasteiger partial charge in [0.1, 0.15) is 11.6 Å². The van der Waals surface area contributed by atoms with Crippen molar-refractivity contribution < 1.29 is 8.42 Å². The predicted molar refractivity (Wildman–Crippen MR) is 71.9 cm³/mol. The molecule has 0 unspecified atom stereocenters. The van der Waals surface area contributed by atoms with E-state index in [-0.39, 0.29) is 5.75 Å². The maximum absolute atomic E-state index is 10.7. The van der Waals surface area contributed by atoms with Gasteiger partial charge in [-0.05, 0) is 12.8 Å². The van der Waals surface area contributed by atoms with Crippen molar-refractivity contribution in [3.63, 3.8) is 0 Å². The molecule has 0 radical (unpaired) electrons. The molecule has 0 aromatic carbocycles. The van der Waals surface area contributed by atoms with Crippen molar-refractivity contribution in [1.82, 2.24) is 9.97 Å². The van der Waals surface area contributed by atoms with Crippen LogP contribution in [0.2, 0.25) is 0 Å². The molecule has 0 spiro atoms. The number of primary sulfonamides is 1. The van der Waals surface area contributed by atoms with E-state index in [9.17, 15) is 8.42 Å². The lowest BCUT2D eigenvalue weighted by Crippen LogP contribution is -2.19. The summed E-state index contributed by atoms with van der Waals surface area (Å²) < 4.78 is 21.5. The van der Waals surface area contributed by atoms with Gasteiger partial charge in [0.05, 0.1) is 18.1 Å². The lowest BCUT2D eigenvalue weighted by molar-refractivity contribution is 0.595. The number of nitrogens with two attached hydrogens (primary N) is 1. The number of anilines is 2. The molecule has 1 aromatic heterocycles. The van der Waals surface area contributed by atoms with Gasteiger partial charge < -0.3 is 10.6 Å². The van der Waals surface area contributed by atoms with E-state index in [0.717, 1.165) is 13.0 Å². The minimum atomic E-state index is -3.39. The summed E-state index contributed by atoms with van der Waals surface area (Å²) in [6.07, 6.45) is 4.68. The maximum atomic E-state index is 10.7. The highest BCUT2D eigenvalue weighted by molar-refractivity contribution is 7.89. The van der Waals surface area contributed by atoms with Gasteiger partial charge in [0, 0.05) is 13.1 Å². The second-order valence-corrected chi connectivity index (χ2v) is 5.60. The molecule has 102 valence electrons. The molecule has 8 heteroatoms. The molecule has 0 atom stereocenters. The van der Waals surface area contributed by atoms with Crippen molar-refractivity contribution in [3.8, 4) is 0 Å². The van der Waals surface area contributed by atoms with E-state index in [1.807, 2.05) is 0 Å². The van der Waals surface area contributed by atoms with Crippen molar-refractivity contribution in [2.75, 3.05) is 29.5 Å². The van der Waals surface area contributed by atoms with Crippen LogP contribution in [0, 0.1) is 0 Å². The van der Waals surface area contributed by atoms with Crippen molar-refractivity contribution >= 4 is 21.7 Å². The molecule has 0 aliphatic rings. The number of hydrogen-bond donors (Lipinski definition) is 3. The Labute approximate surface area is 107 Å². The van der Waals surface area contributed by atoms with Crippen LogP contribution in [0.15, 0.2) is 12.4 Å². The zero-order valence-electron chi connectivity index (χ0n) is 10.4. The number of nitrogens with zero attached hydrogens (tertiary/aromatic N) is 2. The molecule has 0 amide bonds. The first kappa shape index (κ1) is 14.7. The van der Waals surface area contributed by atoms with E-state index < -0.39 is 10.0 Å². The van der Waals surface area contributed by atoms with Crippen molar-refractivity contribution in [1.29, 1.82) is 0 Å². The molecular formula is C10H19N5O2S. The summed E-state index contributed by atoms with van der Waals surface area (Å²) in [7, 11) is -3.39. The third-order valence-corrected chi connectivity index (χ3v) is 2.96. The number of sulfonamides is 1. The molecule has 0 bridgehead atoms. The predicted octanol–water partition coefficient (Wildman–Crippen LogP) is 0.389. The van der Waals surface area contributed by atoms with Crippen molar-refractivity contribution in [2.24, 2.45) is 5.14 Å². The molecule has 0 saturated carbocycles. The third-order valence-electron chi connectivity index (χ3n) is 2.10. The molecule has 0 aliphatic heterocycles. The number of aromatic nitrogens is 2. The van der Waals surface area contributed by atoms with Crippen LogP contribution in [0.5, 0.6) is 0 Å². The average Bonchev–Trinajstić information content (AvgIpc) is 2.31. The maximum Gasteiger partial charge on any atom is 0.209 e. The SMILES string of the molecule is CCCNc1cncc(NCCCS(N)(=O)=O)n1. The quantitative estimate of drug-likeness (QED) is 0.591. The fraction of sp³-hybridized carbons (Fsp3) is 0.600. The standard InChI is InChI=1S/C10H19N5O2S/c1-2-4-13-9-7-12-8-10(15-9)14-5-3-6-18(11,16)17/h7-8H,2-6H2,1H3,(H2,11,16,17)(H2,13,14,15). The normalized spacial score (nSPS) is 11.2. The van der Waals surface area contributed by atoms with E-state index in [0.29, 0.717) is 24.6 Å². The van der Waals surface area contributed by atoms with E-state index in [1.54, 1.807) is 12.4 Å². The first-order chi connectivity index (χ1) is 8.51. The van der Waals surface area contributed by atoms with Crippen LogP contribution < -0.4 is 15.8 Å². The van der Waals surface area contributed by atoms with Gasteiger partial charge in [0.15, 0.2) is 0 Å². The molecule has 1 aromatic rings. The molecule has 1 rings (SSSR count). The summed E-state index contributed by atoms with van der Waals surface area (Å²) in [4.78, 5) is 8.31. The van der Waals surface area contributed by atoms with Crippen LogP contribution in [0.3, 0.4) is 0 Å². The minimum Gasteiger partial charge on any atom is -0.369 e. The van der Waals surface area contributed by atoms with Crippen LogP contribution in [-0.2, 0) is 10.0 Å². The number of hydrogen-bond acceptors (Lipinski definition) is 6. The molecule has 4 N–H and O–H groups in total. The second kappa shape index (κ2) is 7.12. The van der Waals surface area contributed by atoms with Gasteiger partial charge in [-0.3, -0.25) is 4.98 Å². The first-order valence-electron chi connectivity index (χ1n) is 5.81. The topological polar surface area (TPSA) is 110 Å². The van der Waals surface area contributed by atoms with E-state index >= 15 is 0 Å². The highest BCUT2D eigenvalue weighted by Gasteiger charge is 2.02. The summed E-state index contributed by atoms with van der Waals surface area (Å²) in [6.45, 7) is 3.39. The summed E-state index contributed by atoms with van der Waals surface area (Å²) in [5.41, 5.74) is 0. The lowest BCUT2D eigenvalue weighted by atomic mass is 10.4. The Morgan fingerprint density at radius 1 is 1.22 bits per heavy atom. The van der Waals surface area contributed by atoms with Crippen LogP contribution in [-0.4, -0.2) is 37.2 Å². The van der Waals surface area contributed by atoms with Gasteiger partial charge in [0.25, 0.3) is 0 Å². The molecule has 0 aliphatic carbocycles. The Morgan fingerprint density at radius 2 is 1.83 bits per heavy atom. The first-order valence-corrected chi connectivity index (χ1v) is 7.53. The summed E-state index contributed by atoms with van der Waals surface area (Å²) in [6, 6.07) is 0. The lowest BCUT2D eigenvalue weighted by Gasteiger charge is -2.07. The van der Waals surface area contributed by atoms with E-state index in [1.165, 1.54) is 0 Å². The highest BCUT2D eigenvalue weighted by atomic mass is 32.2. The molecular weight excluding hydrogens is 254 g/mol. The summed E-state index contributed by atoms with van der Waals surface area (Å²) in [5.74, 6) is 1.28. The zero-order valence-corrected chi connectivity index (χ0v) is 11.2. The molecule has 0 fully saturated rings. The number of rotatable bonds is 8. The van der Waals surface area contributed by atoms with Gasteiger partial charge >= 0.3 is 0 Å². The number of nitrogens with one attached hydrogen (secondary N) is 2. The van der Waals surface area contributed by atoms with Crippen LogP contribution in [0.4, 0.5) is 11.6 Å². The van der Waals surface area contributed by atoms with Crippen LogP contribution >= 0.6 is 0 Å². The molecule has 7 nitrogen and oxygen atoms in total.